The number of carbonyl (C=O) groups excluding carboxylic acids is 1. The summed E-state index contributed by atoms with van der Waals surface area (Å²) in [5, 5.41) is 8.59. The molecule has 2 aromatic carbocycles. The number of aromatic nitrogens is 3. The van der Waals surface area contributed by atoms with Crippen molar-refractivity contribution in [2.75, 3.05) is 5.32 Å². The van der Waals surface area contributed by atoms with Gasteiger partial charge in [-0.25, -0.2) is 4.98 Å². The molecule has 0 aliphatic carbocycles. The van der Waals surface area contributed by atoms with Gasteiger partial charge in [0.25, 0.3) is 5.91 Å². The van der Waals surface area contributed by atoms with Gasteiger partial charge in [-0.3, -0.25) is 9.48 Å². The molecule has 0 saturated carbocycles. The molecule has 0 aliphatic rings. The van der Waals surface area contributed by atoms with E-state index < -0.39 is 5.60 Å². The van der Waals surface area contributed by atoms with Gasteiger partial charge in [0.15, 0.2) is 0 Å². The largest absolute Gasteiger partial charge is 0.359 e. The second kappa shape index (κ2) is 8.47. The first-order valence-corrected chi connectivity index (χ1v) is 9.88. The van der Waals surface area contributed by atoms with E-state index >= 15 is 0 Å². The van der Waals surface area contributed by atoms with Crippen LogP contribution in [0.25, 0.3) is 10.9 Å². The van der Waals surface area contributed by atoms with Crippen LogP contribution in [0.5, 0.6) is 0 Å². The van der Waals surface area contributed by atoms with Crippen LogP contribution in [0, 0.1) is 0 Å². The lowest BCUT2D eigenvalue weighted by Crippen LogP contribution is -2.40. The number of ether oxygens (including phenoxy) is 1. The van der Waals surface area contributed by atoms with Crippen LogP contribution in [0.1, 0.15) is 25.1 Å². The lowest BCUT2D eigenvalue weighted by molar-refractivity contribution is -0.138. The van der Waals surface area contributed by atoms with Crippen molar-refractivity contribution < 1.29 is 9.53 Å². The van der Waals surface area contributed by atoms with E-state index in [-0.39, 0.29) is 12.5 Å². The van der Waals surface area contributed by atoms with Gasteiger partial charge >= 0.3 is 0 Å². The molecule has 4 aromatic rings. The number of benzene rings is 2. The minimum atomic E-state index is -1.04. The Morgan fingerprint density at radius 2 is 1.73 bits per heavy atom. The summed E-state index contributed by atoms with van der Waals surface area (Å²) in [4.78, 5) is 16.8. The van der Waals surface area contributed by atoms with Crippen LogP contribution in [0.4, 0.5) is 5.82 Å². The average Bonchev–Trinajstić information content (AvgIpc) is 3.11. The molecule has 152 valence electrons. The normalized spacial score (nSPS) is 11.5. The summed E-state index contributed by atoms with van der Waals surface area (Å²) >= 11 is 0. The number of pyridine rings is 1. The van der Waals surface area contributed by atoms with E-state index in [1.54, 1.807) is 32.2 Å². The van der Waals surface area contributed by atoms with Crippen molar-refractivity contribution in [3.8, 4) is 0 Å². The van der Waals surface area contributed by atoms with Crippen LogP contribution in [0.3, 0.4) is 0 Å². The number of hydrogen-bond acceptors (Lipinski definition) is 4. The number of rotatable bonds is 7. The maximum atomic E-state index is 12.7. The molecule has 0 spiro atoms. The summed E-state index contributed by atoms with van der Waals surface area (Å²) < 4.78 is 7.98. The molecule has 0 unspecified atom stereocenters. The quantitative estimate of drug-likeness (QED) is 0.499. The van der Waals surface area contributed by atoms with Gasteiger partial charge in [-0.2, -0.15) is 5.10 Å². The third-order valence-corrected chi connectivity index (χ3v) is 4.93. The molecule has 0 fully saturated rings. The number of amides is 1. The zero-order valence-electron chi connectivity index (χ0n) is 17.1. The molecular formula is C24H24N4O2. The maximum absolute atomic E-state index is 12.7. The van der Waals surface area contributed by atoms with E-state index in [1.807, 2.05) is 53.2 Å². The third kappa shape index (κ3) is 4.39. The van der Waals surface area contributed by atoms with E-state index in [0.29, 0.717) is 12.4 Å². The third-order valence-electron chi connectivity index (χ3n) is 4.93. The fourth-order valence-corrected chi connectivity index (χ4v) is 3.20. The second-order valence-electron chi connectivity index (χ2n) is 7.58. The van der Waals surface area contributed by atoms with Gasteiger partial charge in [-0.05, 0) is 37.6 Å². The summed E-state index contributed by atoms with van der Waals surface area (Å²) in [6.45, 7) is 4.39. The van der Waals surface area contributed by atoms with Crippen LogP contribution in [0.15, 0.2) is 79.0 Å². The highest BCUT2D eigenvalue weighted by Gasteiger charge is 2.29. The topological polar surface area (TPSA) is 69.0 Å². The lowest BCUT2D eigenvalue weighted by atomic mass is 10.1. The minimum absolute atomic E-state index is 0.227. The van der Waals surface area contributed by atoms with E-state index in [9.17, 15) is 4.79 Å². The Hall–Kier alpha value is -3.51. The van der Waals surface area contributed by atoms with Crippen molar-refractivity contribution >= 4 is 22.6 Å². The predicted molar refractivity (Wildman–Crippen MR) is 117 cm³/mol. The first-order valence-electron chi connectivity index (χ1n) is 9.88. The molecule has 0 aliphatic heterocycles. The van der Waals surface area contributed by atoms with Crippen LogP contribution in [0.2, 0.25) is 0 Å². The highest BCUT2D eigenvalue weighted by molar-refractivity contribution is 5.96. The number of nitrogens with one attached hydrogen (secondary N) is 1. The van der Waals surface area contributed by atoms with E-state index in [0.717, 1.165) is 16.6 Å². The predicted octanol–water partition coefficient (Wildman–Crippen LogP) is 4.41. The Morgan fingerprint density at radius 1 is 1.00 bits per heavy atom. The first-order chi connectivity index (χ1) is 14.5. The molecule has 0 bridgehead atoms. The molecule has 2 heterocycles. The standard InChI is InChI=1S/C24H24N4O2/c1-24(2,23(29)26-22-14-8-9-15-25-22)30-17-20-19-12-6-7-13-21(19)28(27-20)16-18-10-4-3-5-11-18/h3-15H,16-17H2,1-2H3,(H,25,26,29). The molecule has 0 atom stereocenters. The van der Waals surface area contributed by atoms with Gasteiger partial charge in [-0.15, -0.1) is 0 Å². The van der Waals surface area contributed by atoms with Gasteiger partial charge in [0.1, 0.15) is 11.4 Å². The second-order valence-corrected chi connectivity index (χ2v) is 7.58. The Bertz CT molecular complexity index is 1140. The zero-order valence-corrected chi connectivity index (χ0v) is 17.1. The Kier molecular flexibility index (Phi) is 5.59. The summed E-state index contributed by atoms with van der Waals surface area (Å²) in [6.07, 6.45) is 1.63. The van der Waals surface area contributed by atoms with E-state index in [2.05, 4.69) is 22.4 Å². The number of nitrogens with zero attached hydrogens (tertiary/aromatic N) is 3. The number of carbonyl (C=O) groups is 1. The molecule has 2 aromatic heterocycles. The average molecular weight is 400 g/mol. The Balaban J connectivity index is 1.51. The SMILES string of the molecule is CC(C)(OCc1nn(Cc2ccccc2)c2ccccc12)C(=O)Nc1ccccn1. The van der Waals surface area contributed by atoms with Gasteiger partial charge in [0.2, 0.25) is 0 Å². The number of hydrogen-bond donors (Lipinski definition) is 1. The molecule has 1 amide bonds. The van der Waals surface area contributed by atoms with Crippen molar-refractivity contribution in [1.29, 1.82) is 0 Å². The summed E-state index contributed by atoms with van der Waals surface area (Å²) in [5.74, 6) is 0.242. The molecule has 4 rings (SSSR count). The summed E-state index contributed by atoms with van der Waals surface area (Å²) in [6, 6.07) is 23.6. The lowest BCUT2D eigenvalue weighted by Gasteiger charge is -2.23. The van der Waals surface area contributed by atoms with Crippen molar-refractivity contribution in [2.45, 2.75) is 32.6 Å². The van der Waals surface area contributed by atoms with Gasteiger partial charge < -0.3 is 10.1 Å². The van der Waals surface area contributed by atoms with Gasteiger partial charge in [-0.1, -0.05) is 54.6 Å². The Morgan fingerprint density at radius 3 is 2.50 bits per heavy atom. The summed E-state index contributed by atoms with van der Waals surface area (Å²) in [5.41, 5.74) is 1.98. The van der Waals surface area contributed by atoms with Crippen molar-refractivity contribution in [1.82, 2.24) is 14.8 Å². The van der Waals surface area contributed by atoms with Crippen molar-refractivity contribution in [2.24, 2.45) is 0 Å². The molecule has 6 nitrogen and oxygen atoms in total. The zero-order chi connectivity index (χ0) is 21.0. The smallest absolute Gasteiger partial charge is 0.257 e. The van der Waals surface area contributed by atoms with Crippen LogP contribution in [-0.2, 0) is 22.7 Å². The van der Waals surface area contributed by atoms with Crippen LogP contribution < -0.4 is 5.32 Å². The van der Waals surface area contributed by atoms with E-state index in [4.69, 9.17) is 9.84 Å². The highest BCUT2D eigenvalue weighted by Crippen LogP contribution is 2.23. The van der Waals surface area contributed by atoms with Crippen molar-refractivity contribution in [3.05, 3.63) is 90.3 Å². The highest BCUT2D eigenvalue weighted by atomic mass is 16.5. The number of anilines is 1. The Labute approximate surface area is 175 Å². The minimum Gasteiger partial charge on any atom is -0.359 e. The first kappa shape index (κ1) is 19.8. The molecule has 1 N–H and O–H groups in total. The van der Waals surface area contributed by atoms with Crippen molar-refractivity contribution in [3.63, 3.8) is 0 Å². The summed E-state index contributed by atoms with van der Waals surface area (Å²) in [7, 11) is 0. The fraction of sp³-hybridized carbons (Fsp3) is 0.208. The monoisotopic (exact) mass is 400 g/mol. The number of fused-ring (bicyclic) bond motifs is 1. The number of para-hydroxylation sites is 1. The molecule has 0 saturated heterocycles. The molecule has 30 heavy (non-hydrogen) atoms. The van der Waals surface area contributed by atoms with Crippen LogP contribution >= 0.6 is 0 Å². The fourth-order valence-electron chi connectivity index (χ4n) is 3.20. The molecule has 0 radical (unpaired) electrons. The van der Waals surface area contributed by atoms with Gasteiger partial charge in [0.05, 0.1) is 24.4 Å². The molecule has 6 heteroatoms. The maximum Gasteiger partial charge on any atom is 0.257 e. The van der Waals surface area contributed by atoms with Gasteiger partial charge in [0, 0.05) is 11.6 Å². The molecular weight excluding hydrogens is 376 g/mol. The van der Waals surface area contributed by atoms with Crippen LogP contribution in [-0.4, -0.2) is 26.3 Å². The van der Waals surface area contributed by atoms with E-state index in [1.165, 1.54) is 5.56 Å².